The lowest BCUT2D eigenvalue weighted by molar-refractivity contribution is 0.200. The van der Waals surface area contributed by atoms with Gasteiger partial charge in [0.05, 0.1) is 6.04 Å². The molecule has 0 aliphatic heterocycles. The largest absolute Gasteiger partial charge is 0.396 e. The van der Waals surface area contributed by atoms with Crippen LogP contribution in [0, 0.1) is 19.3 Å². The van der Waals surface area contributed by atoms with Crippen LogP contribution in [0.15, 0.2) is 6.07 Å². The van der Waals surface area contributed by atoms with E-state index in [0.717, 1.165) is 0 Å². The Bertz CT molecular complexity index is 455. The molecule has 0 aliphatic rings. The summed E-state index contributed by atoms with van der Waals surface area (Å²) >= 11 is 1.75. The van der Waals surface area contributed by atoms with E-state index in [1.54, 1.807) is 11.3 Å². The van der Waals surface area contributed by atoms with Crippen LogP contribution in [0.4, 0.5) is 4.79 Å². The maximum atomic E-state index is 11.9. The highest BCUT2D eigenvalue weighted by Gasteiger charge is 2.19. The zero-order valence-electron chi connectivity index (χ0n) is 13.0. The Morgan fingerprint density at radius 1 is 1.45 bits per heavy atom. The fourth-order valence-corrected chi connectivity index (χ4v) is 3.14. The van der Waals surface area contributed by atoms with Crippen LogP contribution in [-0.2, 0) is 0 Å². The third kappa shape index (κ3) is 5.13. The summed E-state index contributed by atoms with van der Waals surface area (Å²) in [4.78, 5) is 14.4. The van der Waals surface area contributed by atoms with Crippen molar-refractivity contribution in [3.63, 3.8) is 0 Å². The normalized spacial score (nSPS) is 13.1. The third-order valence-electron chi connectivity index (χ3n) is 3.41. The summed E-state index contributed by atoms with van der Waals surface area (Å²) in [6.45, 7) is 10.9. The van der Waals surface area contributed by atoms with Gasteiger partial charge in [0.25, 0.3) is 0 Å². The highest BCUT2D eigenvalue weighted by Crippen LogP contribution is 2.26. The number of aliphatic hydroxyl groups is 1. The Morgan fingerprint density at radius 2 is 2.10 bits per heavy atom. The van der Waals surface area contributed by atoms with Crippen molar-refractivity contribution in [1.82, 2.24) is 10.6 Å². The summed E-state index contributed by atoms with van der Waals surface area (Å²) in [6.07, 6.45) is 0.672. The van der Waals surface area contributed by atoms with E-state index in [0.29, 0.717) is 13.0 Å². The predicted octanol–water partition coefficient (Wildman–Crippen LogP) is 3.13. The number of hydrogen-bond acceptors (Lipinski definition) is 3. The van der Waals surface area contributed by atoms with Gasteiger partial charge in [0, 0.05) is 22.9 Å². The smallest absolute Gasteiger partial charge is 0.315 e. The molecule has 1 unspecified atom stereocenters. The van der Waals surface area contributed by atoms with Crippen molar-refractivity contribution in [2.45, 2.75) is 47.1 Å². The fourth-order valence-electron chi connectivity index (χ4n) is 2.12. The highest BCUT2D eigenvalue weighted by molar-refractivity contribution is 7.12. The van der Waals surface area contributed by atoms with Crippen molar-refractivity contribution < 1.29 is 9.90 Å². The first-order chi connectivity index (χ1) is 9.25. The van der Waals surface area contributed by atoms with Crippen molar-refractivity contribution in [1.29, 1.82) is 0 Å². The minimum atomic E-state index is -0.160. The zero-order valence-corrected chi connectivity index (χ0v) is 13.9. The molecule has 0 aromatic carbocycles. The van der Waals surface area contributed by atoms with Gasteiger partial charge in [-0.2, -0.15) is 0 Å². The van der Waals surface area contributed by atoms with Gasteiger partial charge in [-0.25, -0.2) is 4.79 Å². The maximum Gasteiger partial charge on any atom is 0.315 e. The van der Waals surface area contributed by atoms with E-state index < -0.39 is 0 Å². The monoisotopic (exact) mass is 298 g/mol. The number of urea groups is 1. The van der Waals surface area contributed by atoms with Gasteiger partial charge in [0.1, 0.15) is 0 Å². The summed E-state index contributed by atoms with van der Waals surface area (Å²) < 4.78 is 0. The van der Waals surface area contributed by atoms with Gasteiger partial charge in [-0.05, 0) is 44.2 Å². The number of carbonyl (C=O) groups is 1. The predicted molar refractivity (Wildman–Crippen MR) is 84.2 cm³/mol. The summed E-state index contributed by atoms with van der Waals surface area (Å²) in [5.41, 5.74) is 1.08. The Morgan fingerprint density at radius 3 is 2.60 bits per heavy atom. The summed E-state index contributed by atoms with van der Waals surface area (Å²) in [5.74, 6) is 0. The van der Waals surface area contributed by atoms with Gasteiger partial charge < -0.3 is 15.7 Å². The van der Waals surface area contributed by atoms with Gasteiger partial charge in [-0.3, -0.25) is 0 Å². The zero-order chi connectivity index (χ0) is 15.3. The first kappa shape index (κ1) is 17.0. The van der Waals surface area contributed by atoms with E-state index in [9.17, 15) is 4.79 Å². The van der Waals surface area contributed by atoms with Crippen molar-refractivity contribution >= 4 is 17.4 Å². The Balaban J connectivity index is 2.48. The van der Waals surface area contributed by atoms with Crippen molar-refractivity contribution in [3.05, 3.63) is 21.4 Å². The fraction of sp³-hybridized carbons (Fsp3) is 0.667. The average molecular weight is 298 g/mol. The lowest BCUT2D eigenvalue weighted by Crippen LogP contribution is -2.41. The van der Waals surface area contributed by atoms with E-state index in [-0.39, 0.29) is 24.1 Å². The molecule has 0 fully saturated rings. The molecular weight excluding hydrogens is 272 g/mol. The second-order valence-corrected chi connectivity index (χ2v) is 7.52. The minimum absolute atomic E-state index is 0.000837. The van der Waals surface area contributed by atoms with E-state index >= 15 is 0 Å². The van der Waals surface area contributed by atoms with Crippen molar-refractivity contribution in [2.24, 2.45) is 5.41 Å². The second kappa shape index (κ2) is 7.09. The highest BCUT2D eigenvalue weighted by atomic mass is 32.1. The summed E-state index contributed by atoms with van der Waals surface area (Å²) in [5, 5.41) is 14.8. The Hall–Kier alpha value is -1.07. The second-order valence-electron chi connectivity index (χ2n) is 6.06. The third-order valence-corrected chi connectivity index (χ3v) is 4.39. The molecule has 2 amide bonds. The average Bonchev–Trinajstić information content (AvgIpc) is 2.66. The lowest BCUT2D eigenvalue weighted by Gasteiger charge is -2.24. The number of thiophene rings is 1. The number of nitrogens with one attached hydrogen (secondary N) is 2. The summed E-state index contributed by atoms with van der Waals surface area (Å²) in [6, 6.07) is 1.97. The van der Waals surface area contributed by atoms with Gasteiger partial charge in [-0.1, -0.05) is 13.8 Å². The van der Waals surface area contributed by atoms with Crippen LogP contribution < -0.4 is 10.6 Å². The van der Waals surface area contributed by atoms with Crippen LogP contribution in [0.1, 0.15) is 48.6 Å². The van der Waals surface area contributed by atoms with E-state index in [1.807, 2.05) is 20.8 Å². The van der Waals surface area contributed by atoms with Crippen LogP contribution in [0.2, 0.25) is 0 Å². The first-order valence-electron chi connectivity index (χ1n) is 6.97. The summed E-state index contributed by atoms with van der Waals surface area (Å²) in [7, 11) is 0. The van der Waals surface area contributed by atoms with Gasteiger partial charge in [0.2, 0.25) is 0 Å². The number of hydrogen-bond donors (Lipinski definition) is 3. The molecule has 0 radical (unpaired) electrons. The standard InChI is InChI=1S/C15H26N2O2S/c1-10-8-13(12(3)20-10)11(2)17-14(19)16-9-15(4,5)6-7-18/h8,11,18H,6-7,9H2,1-5H3,(H2,16,17,19). The maximum absolute atomic E-state index is 11.9. The molecule has 114 valence electrons. The number of amides is 2. The van der Waals surface area contributed by atoms with Crippen LogP contribution in [-0.4, -0.2) is 24.3 Å². The molecule has 1 aromatic rings. The number of carbonyl (C=O) groups excluding carboxylic acids is 1. The molecular formula is C15H26N2O2S. The molecule has 3 N–H and O–H groups in total. The van der Waals surface area contributed by atoms with Gasteiger partial charge >= 0.3 is 6.03 Å². The van der Waals surface area contributed by atoms with E-state index in [2.05, 4.69) is 30.5 Å². The molecule has 0 bridgehead atoms. The van der Waals surface area contributed by atoms with Crippen LogP contribution in [0.5, 0.6) is 0 Å². The van der Waals surface area contributed by atoms with Crippen LogP contribution in [0.3, 0.4) is 0 Å². The molecule has 0 spiro atoms. The van der Waals surface area contributed by atoms with Gasteiger partial charge in [0.15, 0.2) is 0 Å². The van der Waals surface area contributed by atoms with Gasteiger partial charge in [-0.15, -0.1) is 11.3 Å². The molecule has 0 saturated heterocycles. The quantitative estimate of drug-likeness (QED) is 0.755. The number of rotatable bonds is 6. The van der Waals surface area contributed by atoms with Crippen LogP contribution in [0.25, 0.3) is 0 Å². The SMILES string of the molecule is Cc1cc(C(C)NC(=O)NCC(C)(C)CCO)c(C)s1. The molecule has 1 heterocycles. The minimum Gasteiger partial charge on any atom is -0.396 e. The molecule has 4 nitrogen and oxygen atoms in total. The molecule has 0 aliphatic carbocycles. The molecule has 1 rings (SSSR count). The lowest BCUT2D eigenvalue weighted by atomic mass is 9.90. The molecule has 5 heteroatoms. The van der Waals surface area contributed by atoms with Crippen molar-refractivity contribution in [2.75, 3.05) is 13.2 Å². The Kier molecular flexibility index (Phi) is 6.02. The molecule has 1 aromatic heterocycles. The van der Waals surface area contributed by atoms with E-state index in [1.165, 1.54) is 15.3 Å². The molecule has 1 atom stereocenters. The first-order valence-corrected chi connectivity index (χ1v) is 7.79. The van der Waals surface area contributed by atoms with Crippen molar-refractivity contribution in [3.8, 4) is 0 Å². The van der Waals surface area contributed by atoms with Crippen LogP contribution >= 0.6 is 11.3 Å². The number of aliphatic hydroxyl groups excluding tert-OH is 1. The molecule has 0 saturated carbocycles. The number of aryl methyl sites for hydroxylation is 2. The van der Waals surface area contributed by atoms with E-state index in [4.69, 9.17) is 5.11 Å². The topological polar surface area (TPSA) is 61.4 Å². The Labute approximate surface area is 125 Å². The molecule has 20 heavy (non-hydrogen) atoms.